The molecule has 0 radical (unpaired) electrons. The quantitative estimate of drug-likeness (QED) is 0.831. The Hall–Kier alpha value is -2.83. The molecular formula is C21H26N4O3. The van der Waals surface area contributed by atoms with Gasteiger partial charge in [-0.05, 0) is 43.4 Å². The molecule has 2 aromatic heterocycles. The molecule has 2 aliphatic rings. The van der Waals surface area contributed by atoms with Crippen LogP contribution in [-0.2, 0) is 11.3 Å². The minimum Gasteiger partial charge on any atom is -0.472 e. The summed E-state index contributed by atoms with van der Waals surface area (Å²) >= 11 is 0. The zero-order valence-electron chi connectivity index (χ0n) is 16.0. The van der Waals surface area contributed by atoms with Gasteiger partial charge in [-0.2, -0.15) is 0 Å². The minimum absolute atomic E-state index is 0.0320. The molecule has 4 heterocycles. The van der Waals surface area contributed by atoms with Gasteiger partial charge >= 0.3 is 0 Å². The Kier molecular flexibility index (Phi) is 5.60. The molecule has 0 atom stereocenters. The van der Waals surface area contributed by atoms with Gasteiger partial charge in [-0.25, -0.2) is 4.98 Å². The second-order valence-corrected chi connectivity index (χ2v) is 7.60. The van der Waals surface area contributed by atoms with Crippen LogP contribution >= 0.6 is 0 Å². The van der Waals surface area contributed by atoms with Crippen molar-refractivity contribution in [1.29, 1.82) is 0 Å². The van der Waals surface area contributed by atoms with Gasteiger partial charge in [0.1, 0.15) is 5.82 Å². The lowest BCUT2D eigenvalue weighted by atomic mass is 9.96. The van der Waals surface area contributed by atoms with Gasteiger partial charge in [-0.15, -0.1) is 0 Å². The first kappa shape index (κ1) is 18.5. The van der Waals surface area contributed by atoms with Crippen LogP contribution in [0.1, 0.15) is 41.6 Å². The molecule has 0 aromatic carbocycles. The van der Waals surface area contributed by atoms with E-state index in [2.05, 4.69) is 10.3 Å². The number of pyridine rings is 1. The Labute approximate surface area is 164 Å². The number of furan rings is 1. The Morgan fingerprint density at radius 2 is 2.07 bits per heavy atom. The highest BCUT2D eigenvalue weighted by atomic mass is 16.3. The summed E-state index contributed by atoms with van der Waals surface area (Å²) in [6.07, 6.45) is 8.54. The van der Waals surface area contributed by atoms with E-state index in [9.17, 15) is 9.59 Å². The topological polar surface area (TPSA) is 78.7 Å². The molecule has 7 nitrogen and oxygen atoms in total. The van der Waals surface area contributed by atoms with Crippen LogP contribution in [0.4, 0.5) is 5.82 Å². The van der Waals surface area contributed by atoms with E-state index < -0.39 is 0 Å². The van der Waals surface area contributed by atoms with E-state index in [-0.39, 0.29) is 11.8 Å². The first-order valence-electron chi connectivity index (χ1n) is 9.97. The van der Waals surface area contributed by atoms with Crippen LogP contribution in [0.2, 0.25) is 0 Å². The van der Waals surface area contributed by atoms with Crippen molar-refractivity contribution in [2.24, 2.45) is 5.92 Å². The van der Waals surface area contributed by atoms with E-state index >= 15 is 0 Å². The van der Waals surface area contributed by atoms with Crippen LogP contribution in [-0.4, -0.2) is 52.8 Å². The van der Waals surface area contributed by atoms with Gasteiger partial charge in [0.05, 0.1) is 18.1 Å². The minimum atomic E-state index is 0.0320. The number of nitrogens with zero attached hydrogens (tertiary/aromatic N) is 3. The molecule has 2 saturated heterocycles. The average molecular weight is 382 g/mol. The molecule has 4 rings (SSSR count). The highest BCUT2D eigenvalue weighted by molar-refractivity contribution is 5.94. The zero-order valence-corrected chi connectivity index (χ0v) is 16.0. The normalized spacial score (nSPS) is 17.9. The third-order valence-corrected chi connectivity index (χ3v) is 5.62. The number of carbonyl (C=O) groups excluding carboxylic acids is 2. The fraction of sp³-hybridized carbons (Fsp3) is 0.476. The molecule has 2 aromatic rings. The van der Waals surface area contributed by atoms with E-state index in [1.54, 1.807) is 18.7 Å². The van der Waals surface area contributed by atoms with Crippen LogP contribution in [0.5, 0.6) is 0 Å². The first-order chi connectivity index (χ1) is 13.7. The number of piperidine rings is 1. The highest BCUT2D eigenvalue weighted by Crippen LogP contribution is 2.22. The fourth-order valence-corrected chi connectivity index (χ4v) is 3.92. The third kappa shape index (κ3) is 4.35. The van der Waals surface area contributed by atoms with E-state index in [0.29, 0.717) is 24.4 Å². The third-order valence-electron chi connectivity index (χ3n) is 5.62. The van der Waals surface area contributed by atoms with Crippen molar-refractivity contribution >= 4 is 17.6 Å². The van der Waals surface area contributed by atoms with E-state index in [1.807, 2.05) is 28.0 Å². The molecule has 2 aliphatic heterocycles. The van der Waals surface area contributed by atoms with Gasteiger partial charge in [0.25, 0.3) is 5.91 Å². The van der Waals surface area contributed by atoms with Crippen molar-refractivity contribution in [1.82, 2.24) is 14.8 Å². The predicted octanol–water partition coefficient (Wildman–Crippen LogP) is 2.76. The fourth-order valence-electron chi connectivity index (χ4n) is 3.92. The van der Waals surface area contributed by atoms with Crippen LogP contribution in [0.15, 0.2) is 41.3 Å². The lowest BCUT2D eigenvalue weighted by Crippen LogP contribution is -2.41. The number of amides is 2. The van der Waals surface area contributed by atoms with Gasteiger partial charge in [-0.1, -0.05) is 0 Å². The number of anilines is 1. The monoisotopic (exact) mass is 382 g/mol. The molecule has 2 amide bonds. The number of hydrogen-bond acceptors (Lipinski definition) is 5. The number of likely N-dealkylation sites (tertiary alicyclic amines) is 2. The molecule has 0 aliphatic carbocycles. The predicted molar refractivity (Wildman–Crippen MR) is 105 cm³/mol. The zero-order chi connectivity index (χ0) is 19.3. The summed E-state index contributed by atoms with van der Waals surface area (Å²) in [6, 6.07) is 5.55. The number of carbonyl (C=O) groups is 2. The molecule has 7 heteroatoms. The molecule has 0 unspecified atom stereocenters. The van der Waals surface area contributed by atoms with Crippen LogP contribution in [0.3, 0.4) is 0 Å². The summed E-state index contributed by atoms with van der Waals surface area (Å²) in [4.78, 5) is 32.8. The maximum atomic E-state index is 12.7. The van der Waals surface area contributed by atoms with Gasteiger partial charge in [-0.3, -0.25) is 9.59 Å². The van der Waals surface area contributed by atoms with Gasteiger partial charge in [0.2, 0.25) is 5.91 Å². The summed E-state index contributed by atoms with van der Waals surface area (Å²) in [6.45, 7) is 3.85. The van der Waals surface area contributed by atoms with Crippen molar-refractivity contribution in [2.75, 3.05) is 31.5 Å². The Morgan fingerprint density at radius 1 is 1.21 bits per heavy atom. The molecule has 148 valence electrons. The summed E-state index contributed by atoms with van der Waals surface area (Å²) in [5.74, 6) is 1.54. The van der Waals surface area contributed by atoms with Crippen molar-refractivity contribution < 1.29 is 14.0 Å². The largest absolute Gasteiger partial charge is 0.472 e. The van der Waals surface area contributed by atoms with Crippen molar-refractivity contribution in [3.63, 3.8) is 0 Å². The molecule has 1 N–H and O–H groups in total. The van der Waals surface area contributed by atoms with Crippen LogP contribution in [0.25, 0.3) is 0 Å². The summed E-state index contributed by atoms with van der Waals surface area (Å²) in [7, 11) is 0. The van der Waals surface area contributed by atoms with Crippen molar-refractivity contribution in [2.45, 2.75) is 32.2 Å². The average Bonchev–Trinajstić information content (AvgIpc) is 3.39. The lowest BCUT2D eigenvalue weighted by Gasteiger charge is -2.34. The van der Waals surface area contributed by atoms with Crippen LogP contribution in [0, 0.1) is 5.92 Å². The standard InChI is InChI=1S/C21H26N4O3/c26-20-2-1-8-25(20)14-16-5-9-24(10-6-16)21(27)18-3-4-19(23-13-18)22-12-17-7-11-28-15-17/h3-4,7,11,13,15-16H,1-2,5-6,8-10,12,14H2,(H,22,23). The first-order valence-corrected chi connectivity index (χ1v) is 9.97. The SMILES string of the molecule is O=C1CCCN1CC1CCN(C(=O)c2ccc(NCc3ccoc3)nc2)CC1. The van der Waals surface area contributed by atoms with E-state index in [4.69, 9.17) is 4.42 Å². The molecule has 0 spiro atoms. The number of aromatic nitrogens is 1. The molecule has 2 fully saturated rings. The van der Waals surface area contributed by atoms with Gasteiger partial charge in [0.15, 0.2) is 0 Å². The summed E-state index contributed by atoms with van der Waals surface area (Å²) in [5.41, 5.74) is 1.66. The van der Waals surface area contributed by atoms with Gasteiger partial charge < -0.3 is 19.5 Å². The lowest BCUT2D eigenvalue weighted by molar-refractivity contribution is -0.128. The molecular weight excluding hydrogens is 356 g/mol. The maximum absolute atomic E-state index is 12.7. The van der Waals surface area contributed by atoms with E-state index in [0.717, 1.165) is 56.8 Å². The van der Waals surface area contributed by atoms with Crippen molar-refractivity contribution in [3.05, 3.63) is 48.0 Å². The Bertz CT molecular complexity index is 796. The van der Waals surface area contributed by atoms with Gasteiger partial charge in [0, 0.05) is 50.9 Å². The number of nitrogens with one attached hydrogen (secondary N) is 1. The maximum Gasteiger partial charge on any atom is 0.255 e. The molecule has 28 heavy (non-hydrogen) atoms. The molecule has 0 bridgehead atoms. The number of hydrogen-bond donors (Lipinski definition) is 1. The van der Waals surface area contributed by atoms with Crippen molar-refractivity contribution in [3.8, 4) is 0 Å². The Morgan fingerprint density at radius 3 is 2.71 bits per heavy atom. The molecule has 0 saturated carbocycles. The second kappa shape index (κ2) is 8.46. The highest BCUT2D eigenvalue weighted by Gasteiger charge is 2.28. The summed E-state index contributed by atoms with van der Waals surface area (Å²) in [5, 5.41) is 3.21. The number of rotatable bonds is 6. The smallest absolute Gasteiger partial charge is 0.255 e. The van der Waals surface area contributed by atoms with E-state index in [1.165, 1.54) is 0 Å². The summed E-state index contributed by atoms with van der Waals surface area (Å²) < 4.78 is 5.04. The Balaban J connectivity index is 1.26. The second-order valence-electron chi connectivity index (χ2n) is 7.60. The van der Waals surface area contributed by atoms with Crippen LogP contribution < -0.4 is 5.32 Å².